The zero-order valence-electron chi connectivity index (χ0n) is 55.3. The number of aliphatic hydroxyl groups excluding tert-OH is 1. The first kappa shape index (κ1) is 73.2. The first-order valence-electron chi connectivity index (χ1n) is 33.9. The summed E-state index contributed by atoms with van der Waals surface area (Å²) in [4.78, 5) is 147. The summed E-state index contributed by atoms with van der Waals surface area (Å²) in [7, 11) is 0. The van der Waals surface area contributed by atoms with Crippen LogP contribution in [0, 0.1) is 5.82 Å². The zero-order valence-corrected chi connectivity index (χ0v) is 56.1. The van der Waals surface area contributed by atoms with Crippen LogP contribution in [0.1, 0.15) is 80.2 Å². The number of primary amides is 1. The molecule has 3 saturated heterocycles. The van der Waals surface area contributed by atoms with Gasteiger partial charge in [-0.05, 0) is 85.9 Å². The fraction of sp³-hybridized carbons (Fsp3) is 0.500. The summed E-state index contributed by atoms with van der Waals surface area (Å²) in [5, 5.41) is 46.3. The van der Waals surface area contributed by atoms with E-state index >= 15 is 9.59 Å². The van der Waals surface area contributed by atoms with Gasteiger partial charge in [-0.15, -0.1) is 5.10 Å². The van der Waals surface area contributed by atoms with E-state index in [1.807, 2.05) is 60.3 Å². The molecular formula is C68H87FN16O14S. The van der Waals surface area contributed by atoms with Crippen molar-refractivity contribution in [3.05, 3.63) is 120 Å². The molecule has 14 N–H and O–H groups in total. The maximum Gasteiger partial charge on any atom is 0.315 e. The van der Waals surface area contributed by atoms with E-state index in [9.17, 15) is 47.9 Å². The molecule has 2 bridgehead atoms. The molecule has 32 heteroatoms. The third-order valence-electron chi connectivity index (χ3n) is 18.2. The molecule has 4 aliphatic rings. The lowest BCUT2D eigenvalue weighted by Gasteiger charge is -2.30. The summed E-state index contributed by atoms with van der Waals surface area (Å²) >= 11 is 1.85. The van der Waals surface area contributed by atoms with E-state index < -0.39 is 109 Å². The van der Waals surface area contributed by atoms with Crippen LogP contribution < -0.4 is 53.6 Å². The number of hydrogen-bond acceptors (Lipinski definition) is 17. The maximum absolute atomic E-state index is 15.2. The Morgan fingerprint density at radius 2 is 1.29 bits per heavy atom. The van der Waals surface area contributed by atoms with Crippen LogP contribution in [-0.2, 0) is 89.6 Å². The number of thioether (sulfide) groups is 1. The molecule has 0 radical (unpaired) electrons. The van der Waals surface area contributed by atoms with Crippen molar-refractivity contribution in [2.24, 2.45) is 5.73 Å². The molecule has 6 aromatic rings. The molecule has 10 rings (SSSR count). The fourth-order valence-electron chi connectivity index (χ4n) is 12.9. The second-order valence-electron chi connectivity index (χ2n) is 25.3. The lowest BCUT2D eigenvalue weighted by molar-refractivity contribution is -0.143. The van der Waals surface area contributed by atoms with Crippen LogP contribution in [0.2, 0.25) is 0 Å². The Morgan fingerprint density at radius 3 is 1.97 bits per heavy atom. The van der Waals surface area contributed by atoms with E-state index in [0.29, 0.717) is 54.2 Å². The van der Waals surface area contributed by atoms with E-state index in [1.165, 1.54) is 40.0 Å². The van der Waals surface area contributed by atoms with Gasteiger partial charge in [0.15, 0.2) is 0 Å². The van der Waals surface area contributed by atoms with Crippen molar-refractivity contribution in [2.75, 3.05) is 65.1 Å². The van der Waals surface area contributed by atoms with Crippen molar-refractivity contribution < 1.29 is 71.7 Å². The highest BCUT2D eigenvalue weighted by Gasteiger charge is 2.43. The van der Waals surface area contributed by atoms with Gasteiger partial charge in [0.05, 0.1) is 57.4 Å². The maximum atomic E-state index is 15.2. The number of para-hydroxylation sites is 2. The minimum atomic E-state index is -1.63. The third kappa shape index (κ3) is 20.3. The molecule has 1 unspecified atom stereocenters. The molecule has 4 aliphatic heterocycles. The number of ether oxygens (including phenoxy) is 3. The molecule has 536 valence electrons. The number of aromatic amines is 2. The summed E-state index contributed by atoms with van der Waals surface area (Å²) in [6, 6.07) is 10.3. The molecule has 0 spiro atoms. The van der Waals surface area contributed by atoms with Crippen molar-refractivity contribution in [3.8, 4) is 0 Å². The average Bonchev–Trinajstić information content (AvgIpc) is 1.64. The molecule has 3 aromatic heterocycles. The van der Waals surface area contributed by atoms with Crippen molar-refractivity contribution in [1.82, 2.24) is 77.7 Å². The molecular weight excluding hydrogens is 1320 g/mol. The number of halogens is 1. The number of nitrogens with one attached hydrogen (secondary N) is 11. The number of rotatable bonds is 25. The Balaban J connectivity index is 0.804. The number of benzene rings is 3. The zero-order chi connectivity index (χ0) is 70.5. The largest absolute Gasteiger partial charge is 0.394 e. The number of nitrogens with zero attached hydrogens (tertiary/aromatic N) is 4. The molecule has 30 nitrogen and oxygen atoms in total. The molecule has 10 atom stereocenters. The Morgan fingerprint density at radius 1 is 0.660 bits per heavy atom. The number of amides is 11. The fourth-order valence-corrected chi connectivity index (χ4v) is 14.4. The Kier molecular flexibility index (Phi) is 26.4. The van der Waals surface area contributed by atoms with Gasteiger partial charge < -0.3 is 87.8 Å². The summed E-state index contributed by atoms with van der Waals surface area (Å²) in [5.74, 6) is -6.27. The summed E-state index contributed by atoms with van der Waals surface area (Å²) in [6.45, 7) is -0.105. The molecule has 0 aliphatic carbocycles. The summed E-state index contributed by atoms with van der Waals surface area (Å²) in [5.41, 5.74) is 9.25. The van der Waals surface area contributed by atoms with Crippen LogP contribution in [0.25, 0.3) is 21.8 Å². The lowest BCUT2D eigenvalue weighted by Crippen LogP contribution is -2.61. The van der Waals surface area contributed by atoms with Crippen LogP contribution in [0.15, 0.2) is 91.4 Å². The van der Waals surface area contributed by atoms with Gasteiger partial charge in [-0.2, -0.15) is 11.8 Å². The number of carbonyl (C=O) groups is 10. The van der Waals surface area contributed by atoms with Gasteiger partial charge in [-0.3, -0.25) is 47.8 Å². The number of unbranched alkanes of at least 4 members (excludes halogenated alkanes) is 1. The average molecular weight is 1400 g/mol. The second-order valence-corrected chi connectivity index (χ2v) is 26.6. The lowest BCUT2D eigenvalue weighted by atomic mass is 10.00. The number of nitrogens with two attached hydrogens (primary N) is 1. The Labute approximate surface area is 579 Å². The minimum absolute atomic E-state index is 0.0186. The Hall–Kier alpha value is -9.50. The van der Waals surface area contributed by atoms with Gasteiger partial charge in [0.25, 0.3) is 0 Å². The van der Waals surface area contributed by atoms with Gasteiger partial charge >= 0.3 is 6.03 Å². The molecule has 3 fully saturated rings. The van der Waals surface area contributed by atoms with Crippen LogP contribution in [0.3, 0.4) is 0 Å². The Bertz CT molecular complexity index is 3830. The monoisotopic (exact) mass is 1400 g/mol. The van der Waals surface area contributed by atoms with Crippen LogP contribution in [0.5, 0.6) is 0 Å². The standard InChI is InChI=1S/C68H87FN16O14S/c69-43-20-18-40(19-21-43)30-50-62(90)75-49(61(70)89)14-7-8-23-84-36-44(82-83-84)33-53(74-59(88)38-99-29-28-98-27-26-97-25-22-71-58(87)17-6-5-16-57-60-55(39-100-57)80-68(96)81-60)65(93)79-54(37-86)67(95)85-24-9-15-56(85)66(94)78-52(32-42-35-73-48-13-4-2-11-46(42)48)64(92)77-51(63(91)76-50)31-41-34-72-47-12-3-1-10-45(41)47/h1-4,10-13,18-21,34-36,49-57,60,72-73,86H,5-9,14-17,22-33,37-39H2,(H2,70,89)(H,71,87)(H,74,88)(H,75,90)(H,76,91)(H,77,92)(H,78,94)(H,79,93)(H2,80,81,96)/t49-,50+,51+,52+,53-,54+,55+,56+,57?,60+/m0/s1. The number of hydrogen-bond donors (Lipinski definition) is 13. The first-order valence-corrected chi connectivity index (χ1v) is 35.0. The molecule has 11 amide bonds. The van der Waals surface area contributed by atoms with E-state index in [-0.39, 0.29) is 114 Å². The SMILES string of the molecule is NC(=O)[C@@H]1CCCCn2cc(nn2)C[C@H](NC(=O)COCCOCCOCCNC(=O)CCCCC2SC[C@H]3NC(=O)N[C@@H]23)C(=O)N[C@H](CO)C(=O)N2CCC[C@@H]2C(=O)N[C@H](Cc2c[nH]c3ccccc23)C(=O)N[C@H](Cc2c[nH]c3ccccc23)C(=O)N[C@H](Cc2ccc(F)cc2)C(=O)N1. The highest BCUT2D eigenvalue weighted by atomic mass is 32.2. The number of aliphatic hydroxyl groups is 1. The van der Waals surface area contributed by atoms with Gasteiger partial charge in [0, 0.05) is 103 Å². The van der Waals surface area contributed by atoms with Crippen molar-refractivity contribution in [2.45, 2.75) is 150 Å². The number of carbonyl (C=O) groups excluding carboxylic acids is 10. The van der Waals surface area contributed by atoms with Crippen molar-refractivity contribution >= 4 is 92.8 Å². The molecule has 7 heterocycles. The normalized spacial score (nSPS) is 23.7. The first-order chi connectivity index (χ1) is 48.5. The highest BCUT2D eigenvalue weighted by Crippen LogP contribution is 2.33. The van der Waals surface area contributed by atoms with Crippen molar-refractivity contribution in [1.29, 1.82) is 0 Å². The summed E-state index contributed by atoms with van der Waals surface area (Å²) in [6.07, 6.45) is 8.26. The number of aryl methyl sites for hydroxylation is 1. The molecule has 100 heavy (non-hydrogen) atoms. The predicted molar refractivity (Wildman–Crippen MR) is 364 cm³/mol. The van der Waals surface area contributed by atoms with E-state index in [4.69, 9.17) is 19.9 Å². The van der Waals surface area contributed by atoms with Crippen LogP contribution >= 0.6 is 11.8 Å². The second kappa shape index (κ2) is 36.0. The number of H-pyrrole nitrogens is 2. The van der Waals surface area contributed by atoms with Crippen LogP contribution in [0.4, 0.5) is 9.18 Å². The van der Waals surface area contributed by atoms with Crippen LogP contribution in [-0.4, -0.2) is 219 Å². The van der Waals surface area contributed by atoms with Gasteiger partial charge in [0.2, 0.25) is 53.2 Å². The minimum Gasteiger partial charge on any atom is -0.394 e. The smallest absolute Gasteiger partial charge is 0.315 e. The quantitative estimate of drug-likeness (QED) is 0.0267. The number of fused-ring (bicyclic) bond motifs is 6. The van der Waals surface area contributed by atoms with E-state index in [1.54, 1.807) is 12.4 Å². The van der Waals surface area contributed by atoms with Gasteiger partial charge in [0.1, 0.15) is 54.7 Å². The van der Waals surface area contributed by atoms with E-state index in [2.05, 4.69) is 68.1 Å². The summed E-state index contributed by atoms with van der Waals surface area (Å²) < 4.78 is 32.5. The third-order valence-corrected chi connectivity index (χ3v) is 19.7. The molecule has 3 aromatic carbocycles. The number of urea groups is 1. The van der Waals surface area contributed by atoms with Crippen molar-refractivity contribution in [3.63, 3.8) is 0 Å². The van der Waals surface area contributed by atoms with E-state index in [0.717, 1.165) is 46.8 Å². The predicted octanol–water partition coefficient (Wildman–Crippen LogP) is 0.103. The topological polar surface area (TPSA) is 418 Å². The van der Waals surface area contributed by atoms with Gasteiger partial charge in [-0.25, -0.2) is 9.18 Å². The van der Waals surface area contributed by atoms with Gasteiger partial charge in [-0.1, -0.05) is 60.2 Å². The highest BCUT2D eigenvalue weighted by molar-refractivity contribution is 8.00. The molecule has 0 saturated carbocycles. The number of aromatic nitrogens is 5.